The van der Waals surface area contributed by atoms with Crippen LogP contribution >= 0.6 is 0 Å². The van der Waals surface area contributed by atoms with Gasteiger partial charge in [0.2, 0.25) is 0 Å². The fourth-order valence-electron chi connectivity index (χ4n) is 1.64. The summed E-state index contributed by atoms with van der Waals surface area (Å²) in [6.45, 7) is 5.83. The third-order valence-corrected chi connectivity index (χ3v) is 2.71. The molecule has 0 aliphatic carbocycles. The fourth-order valence-corrected chi connectivity index (χ4v) is 1.64. The van der Waals surface area contributed by atoms with Gasteiger partial charge in [-0.15, -0.1) is 6.58 Å². The molecule has 0 unspecified atom stereocenters. The van der Waals surface area contributed by atoms with E-state index in [1.165, 1.54) is 5.56 Å². The molecule has 0 saturated heterocycles. The van der Waals surface area contributed by atoms with E-state index in [9.17, 15) is 0 Å². The second-order valence-electron chi connectivity index (χ2n) is 3.96. The van der Waals surface area contributed by atoms with Crippen molar-refractivity contribution in [1.82, 2.24) is 9.97 Å². The molecule has 0 atom stereocenters. The minimum absolute atomic E-state index is 0.785. The second-order valence-corrected chi connectivity index (χ2v) is 3.96. The lowest BCUT2D eigenvalue weighted by Crippen LogP contribution is -1.91. The van der Waals surface area contributed by atoms with E-state index in [1.807, 2.05) is 18.5 Å². The molecule has 0 bridgehead atoms. The van der Waals surface area contributed by atoms with Crippen LogP contribution in [0.4, 0.5) is 0 Å². The van der Waals surface area contributed by atoms with Gasteiger partial charge < -0.3 is 0 Å². The highest BCUT2D eigenvalue weighted by Crippen LogP contribution is 2.15. The normalized spacial score (nSPS) is 10.2. The van der Waals surface area contributed by atoms with Gasteiger partial charge in [0.15, 0.2) is 5.82 Å². The number of benzene rings is 1. The largest absolute Gasteiger partial charge is 0.236 e. The maximum absolute atomic E-state index is 4.36. The summed E-state index contributed by atoms with van der Waals surface area (Å²) < 4.78 is 0. The minimum Gasteiger partial charge on any atom is -0.236 e. The van der Waals surface area contributed by atoms with Crippen LogP contribution in [0, 0.1) is 0 Å². The van der Waals surface area contributed by atoms with Crippen LogP contribution in [-0.2, 0) is 12.8 Å². The molecule has 0 spiro atoms. The third kappa shape index (κ3) is 2.78. The SMILES string of the molecule is C=CCc1ccc(-c2ncc(CC)cn2)cc1. The lowest BCUT2D eigenvalue weighted by atomic mass is 10.1. The molecule has 2 nitrogen and oxygen atoms in total. The zero-order chi connectivity index (χ0) is 12.1. The summed E-state index contributed by atoms with van der Waals surface area (Å²) in [7, 11) is 0. The molecule has 0 fully saturated rings. The first-order valence-electron chi connectivity index (χ1n) is 5.84. The molecule has 17 heavy (non-hydrogen) atoms. The van der Waals surface area contributed by atoms with Crippen molar-refractivity contribution >= 4 is 0 Å². The first-order chi connectivity index (χ1) is 8.33. The smallest absolute Gasteiger partial charge is 0.159 e. The van der Waals surface area contributed by atoms with Crippen LogP contribution < -0.4 is 0 Å². The van der Waals surface area contributed by atoms with Gasteiger partial charge >= 0.3 is 0 Å². The maximum Gasteiger partial charge on any atom is 0.159 e. The predicted octanol–water partition coefficient (Wildman–Crippen LogP) is 3.43. The van der Waals surface area contributed by atoms with Gasteiger partial charge in [-0.05, 0) is 24.0 Å². The molecule has 2 aromatic rings. The number of hydrogen-bond acceptors (Lipinski definition) is 2. The second kappa shape index (κ2) is 5.39. The molecular formula is C15H16N2. The number of aryl methyl sites for hydroxylation is 1. The van der Waals surface area contributed by atoms with E-state index in [2.05, 4.69) is 47.7 Å². The van der Waals surface area contributed by atoms with E-state index in [0.29, 0.717) is 0 Å². The number of aromatic nitrogens is 2. The van der Waals surface area contributed by atoms with Gasteiger partial charge in [0.05, 0.1) is 0 Å². The molecule has 0 aliphatic rings. The number of rotatable bonds is 4. The van der Waals surface area contributed by atoms with Gasteiger partial charge in [0.1, 0.15) is 0 Å². The van der Waals surface area contributed by atoms with Gasteiger partial charge in [-0.2, -0.15) is 0 Å². The van der Waals surface area contributed by atoms with Crippen LogP contribution in [0.1, 0.15) is 18.1 Å². The first kappa shape index (κ1) is 11.5. The summed E-state index contributed by atoms with van der Waals surface area (Å²) in [5.74, 6) is 0.785. The molecule has 0 aliphatic heterocycles. The highest BCUT2D eigenvalue weighted by atomic mass is 14.9. The average Bonchev–Trinajstić information content (AvgIpc) is 2.40. The van der Waals surface area contributed by atoms with Gasteiger partial charge in [-0.3, -0.25) is 0 Å². The molecule has 2 rings (SSSR count). The van der Waals surface area contributed by atoms with E-state index in [0.717, 1.165) is 29.8 Å². The van der Waals surface area contributed by atoms with Gasteiger partial charge in [-0.25, -0.2) is 9.97 Å². The fraction of sp³-hybridized carbons (Fsp3) is 0.200. The van der Waals surface area contributed by atoms with Crippen molar-refractivity contribution < 1.29 is 0 Å². The molecular weight excluding hydrogens is 208 g/mol. The number of hydrogen-bond donors (Lipinski definition) is 0. The van der Waals surface area contributed by atoms with Crippen LogP contribution in [0.25, 0.3) is 11.4 Å². The Morgan fingerprint density at radius 2 is 1.71 bits per heavy atom. The molecule has 0 radical (unpaired) electrons. The minimum atomic E-state index is 0.785. The van der Waals surface area contributed by atoms with Crippen molar-refractivity contribution in [3.8, 4) is 11.4 Å². The summed E-state index contributed by atoms with van der Waals surface area (Å²) in [6.07, 6.45) is 7.55. The monoisotopic (exact) mass is 224 g/mol. The standard InChI is InChI=1S/C15H16N2/c1-3-5-13-6-8-14(9-7-13)15-16-10-12(4-2)11-17-15/h3,6-11H,1,4-5H2,2H3. The van der Waals surface area contributed by atoms with Crippen LogP contribution in [0.2, 0.25) is 0 Å². The van der Waals surface area contributed by atoms with Gasteiger partial charge in [0.25, 0.3) is 0 Å². The van der Waals surface area contributed by atoms with E-state index in [-0.39, 0.29) is 0 Å². The summed E-state index contributed by atoms with van der Waals surface area (Å²) in [5.41, 5.74) is 3.48. The van der Waals surface area contributed by atoms with E-state index in [4.69, 9.17) is 0 Å². The Bertz CT molecular complexity index is 483. The van der Waals surface area contributed by atoms with Crippen LogP contribution in [0.5, 0.6) is 0 Å². The highest BCUT2D eigenvalue weighted by Gasteiger charge is 2.00. The Hall–Kier alpha value is -1.96. The van der Waals surface area contributed by atoms with Gasteiger partial charge in [-0.1, -0.05) is 37.3 Å². The summed E-state index contributed by atoms with van der Waals surface area (Å²) in [5, 5.41) is 0. The Balaban J connectivity index is 2.23. The van der Waals surface area contributed by atoms with Crippen molar-refractivity contribution in [2.24, 2.45) is 0 Å². The first-order valence-corrected chi connectivity index (χ1v) is 5.84. The van der Waals surface area contributed by atoms with Crippen LogP contribution in [0.15, 0.2) is 49.3 Å². The Labute approximate surface area is 102 Å². The van der Waals surface area contributed by atoms with Crippen molar-refractivity contribution in [1.29, 1.82) is 0 Å². The van der Waals surface area contributed by atoms with Crippen molar-refractivity contribution in [3.05, 3.63) is 60.4 Å². The Kier molecular flexibility index (Phi) is 3.66. The molecule has 0 amide bonds. The maximum atomic E-state index is 4.36. The molecule has 2 heteroatoms. The number of allylic oxidation sites excluding steroid dienone is 1. The van der Waals surface area contributed by atoms with E-state index >= 15 is 0 Å². The zero-order valence-electron chi connectivity index (χ0n) is 10.1. The molecule has 1 aromatic carbocycles. The van der Waals surface area contributed by atoms with Gasteiger partial charge in [0, 0.05) is 18.0 Å². The summed E-state index contributed by atoms with van der Waals surface area (Å²) >= 11 is 0. The predicted molar refractivity (Wildman–Crippen MR) is 70.7 cm³/mol. The lowest BCUT2D eigenvalue weighted by molar-refractivity contribution is 1.05. The molecule has 86 valence electrons. The Morgan fingerprint density at radius 1 is 1.06 bits per heavy atom. The average molecular weight is 224 g/mol. The van der Waals surface area contributed by atoms with E-state index in [1.54, 1.807) is 0 Å². The lowest BCUT2D eigenvalue weighted by Gasteiger charge is -2.02. The van der Waals surface area contributed by atoms with E-state index < -0.39 is 0 Å². The topological polar surface area (TPSA) is 25.8 Å². The van der Waals surface area contributed by atoms with Crippen LogP contribution in [-0.4, -0.2) is 9.97 Å². The van der Waals surface area contributed by atoms with Crippen molar-refractivity contribution in [2.75, 3.05) is 0 Å². The summed E-state index contributed by atoms with van der Waals surface area (Å²) in [6, 6.07) is 8.29. The zero-order valence-corrected chi connectivity index (χ0v) is 10.1. The molecule has 0 saturated carbocycles. The highest BCUT2D eigenvalue weighted by molar-refractivity contribution is 5.55. The molecule has 1 heterocycles. The van der Waals surface area contributed by atoms with Crippen molar-refractivity contribution in [2.45, 2.75) is 19.8 Å². The molecule has 0 N–H and O–H groups in total. The third-order valence-electron chi connectivity index (χ3n) is 2.71. The molecule has 1 aromatic heterocycles. The quantitative estimate of drug-likeness (QED) is 0.743. The Morgan fingerprint density at radius 3 is 2.24 bits per heavy atom. The summed E-state index contributed by atoms with van der Waals surface area (Å²) in [4.78, 5) is 8.73. The number of nitrogens with zero attached hydrogens (tertiary/aromatic N) is 2. The van der Waals surface area contributed by atoms with Crippen LogP contribution in [0.3, 0.4) is 0 Å². The van der Waals surface area contributed by atoms with Crippen molar-refractivity contribution in [3.63, 3.8) is 0 Å².